The number of alkyl halides is 3. The van der Waals surface area contributed by atoms with E-state index in [1.807, 2.05) is 0 Å². The molecule has 1 aromatic carbocycles. The second-order valence-corrected chi connectivity index (χ2v) is 4.42. The lowest BCUT2D eigenvalue weighted by Crippen LogP contribution is -2.39. The third-order valence-electron chi connectivity index (χ3n) is 2.40. The second-order valence-electron chi connectivity index (χ2n) is 4.01. The zero-order chi connectivity index (χ0) is 16.2. The lowest BCUT2D eigenvalue weighted by molar-refractivity contribution is -0.384. The van der Waals surface area contributed by atoms with Crippen LogP contribution in [0.5, 0.6) is 0 Å². The van der Waals surface area contributed by atoms with Crippen molar-refractivity contribution in [3.8, 4) is 0 Å². The maximum absolute atomic E-state index is 12.4. The summed E-state index contributed by atoms with van der Waals surface area (Å²) in [7, 11) is 0. The first-order valence-corrected chi connectivity index (χ1v) is 5.94. The molecule has 0 saturated carbocycles. The molecule has 0 heterocycles. The summed E-state index contributed by atoms with van der Waals surface area (Å²) >= 11 is 5.58. The van der Waals surface area contributed by atoms with Crippen molar-refractivity contribution in [2.75, 3.05) is 13.1 Å². The van der Waals surface area contributed by atoms with Gasteiger partial charge in [0.25, 0.3) is 11.6 Å². The Morgan fingerprint density at radius 1 is 1.48 bits per heavy atom. The zero-order valence-electron chi connectivity index (χ0n) is 10.6. The topological polar surface area (TPSA) is 63.5 Å². The SMILES string of the molecule is C=CCN(CC(F)(F)F)C(=O)c1ccc(Cl)c([N+](=O)[O-])c1. The first-order chi connectivity index (χ1) is 9.65. The van der Waals surface area contributed by atoms with Gasteiger partial charge in [0, 0.05) is 18.2 Å². The summed E-state index contributed by atoms with van der Waals surface area (Å²) in [6, 6.07) is 3.06. The quantitative estimate of drug-likeness (QED) is 0.474. The van der Waals surface area contributed by atoms with Gasteiger partial charge in [-0.3, -0.25) is 14.9 Å². The summed E-state index contributed by atoms with van der Waals surface area (Å²) in [5, 5.41) is 10.5. The van der Waals surface area contributed by atoms with Gasteiger partial charge < -0.3 is 4.90 Å². The second kappa shape index (κ2) is 6.57. The van der Waals surface area contributed by atoms with E-state index in [9.17, 15) is 28.1 Å². The molecule has 0 spiro atoms. The molecule has 0 N–H and O–H groups in total. The van der Waals surface area contributed by atoms with Gasteiger partial charge in [-0.15, -0.1) is 6.58 Å². The Kier molecular flexibility index (Phi) is 5.31. The van der Waals surface area contributed by atoms with Crippen molar-refractivity contribution in [1.29, 1.82) is 0 Å². The predicted octanol–water partition coefficient (Wildman–Crippen LogP) is 3.44. The van der Waals surface area contributed by atoms with Crippen LogP contribution < -0.4 is 0 Å². The van der Waals surface area contributed by atoms with E-state index in [0.29, 0.717) is 4.90 Å². The van der Waals surface area contributed by atoms with Gasteiger partial charge in [0.2, 0.25) is 0 Å². The monoisotopic (exact) mass is 322 g/mol. The normalized spacial score (nSPS) is 11.0. The van der Waals surface area contributed by atoms with E-state index >= 15 is 0 Å². The Balaban J connectivity index is 3.12. The average molecular weight is 323 g/mol. The molecule has 0 aliphatic carbocycles. The Bertz CT molecular complexity index is 575. The minimum atomic E-state index is -4.59. The van der Waals surface area contributed by atoms with Crippen LogP contribution in [0.3, 0.4) is 0 Å². The van der Waals surface area contributed by atoms with Gasteiger partial charge in [-0.1, -0.05) is 17.7 Å². The Hall–Kier alpha value is -2.09. The van der Waals surface area contributed by atoms with Crippen LogP contribution in [0.2, 0.25) is 5.02 Å². The molecule has 114 valence electrons. The van der Waals surface area contributed by atoms with E-state index < -0.39 is 29.2 Å². The molecule has 0 radical (unpaired) electrons. The molecule has 0 aliphatic rings. The molecule has 0 aromatic heterocycles. The number of nitro groups is 1. The molecule has 1 aromatic rings. The van der Waals surface area contributed by atoms with Gasteiger partial charge >= 0.3 is 6.18 Å². The molecule has 1 rings (SSSR count). The lowest BCUT2D eigenvalue weighted by atomic mass is 10.1. The number of benzene rings is 1. The standard InChI is InChI=1S/C12H10ClF3N2O3/c1-2-5-17(7-12(14,15)16)11(19)8-3-4-9(13)10(6-8)18(20)21/h2-4,6H,1,5,7H2. The number of hydrogen-bond acceptors (Lipinski definition) is 3. The minimum absolute atomic E-state index is 0.206. The van der Waals surface area contributed by atoms with Crippen LogP contribution in [0, 0.1) is 10.1 Å². The summed E-state index contributed by atoms with van der Waals surface area (Å²) in [6.07, 6.45) is -3.45. The van der Waals surface area contributed by atoms with Crippen LogP contribution in [-0.2, 0) is 0 Å². The summed E-state index contributed by atoms with van der Waals surface area (Å²) in [5.41, 5.74) is -0.801. The largest absolute Gasteiger partial charge is 0.406 e. The van der Waals surface area contributed by atoms with Crippen LogP contribution >= 0.6 is 11.6 Å². The molecule has 0 saturated heterocycles. The molecule has 21 heavy (non-hydrogen) atoms. The van der Waals surface area contributed by atoms with Crippen molar-refractivity contribution in [3.05, 3.63) is 51.6 Å². The minimum Gasteiger partial charge on any atom is -0.326 e. The number of carbonyl (C=O) groups is 1. The molecule has 0 fully saturated rings. The third-order valence-corrected chi connectivity index (χ3v) is 2.72. The Morgan fingerprint density at radius 3 is 2.57 bits per heavy atom. The van der Waals surface area contributed by atoms with Gasteiger partial charge in [0.15, 0.2) is 0 Å². The highest BCUT2D eigenvalue weighted by Gasteiger charge is 2.33. The Labute approximate surface area is 122 Å². The fourth-order valence-electron chi connectivity index (χ4n) is 1.56. The highest BCUT2D eigenvalue weighted by Crippen LogP contribution is 2.26. The Morgan fingerprint density at radius 2 is 2.10 bits per heavy atom. The van der Waals surface area contributed by atoms with Gasteiger partial charge in [-0.05, 0) is 12.1 Å². The zero-order valence-corrected chi connectivity index (χ0v) is 11.3. The van der Waals surface area contributed by atoms with E-state index in [1.165, 1.54) is 0 Å². The number of halogens is 4. The number of rotatable bonds is 5. The number of nitro benzene ring substituents is 1. The summed E-state index contributed by atoms with van der Waals surface area (Å²) < 4.78 is 37.3. The molecule has 0 bridgehead atoms. The van der Waals surface area contributed by atoms with Crippen molar-refractivity contribution < 1.29 is 22.9 Å². The molecular weight excluding hydrogens is 313 g/mol. The van der Waals surface area contributed by atoms with Gasteiger partial charge in [0.05, 0.1) is 4.92 Å². The van der Waals surface area contributed by atoms with Crippen molar-refractivity contribution in [2.45, 2.75) is 6.18 Å². The van der Waals surface area contributed by atoms with Crippen LogP contribution in [0.1, 0.15) is 10.4 Å². The first-order valence-electron chi connectivity index (χ1n) is 5.56. The molecule has 0 atom stereocenters. The van der Waals surface area contributed by atoms with Crippen LogP contribution in [0.25, 0.3) is 0 Å². The number of nitrogens with zero attached hydrogens (tertiary/aromatic N) is 2. The number of amides is 1. The van der Waals surface area contributed by atoms with Crippen molar-refractivity contribution in [1.82, 2.24) is 4.90 Å². The fraction of sp³-hybridized carbons (Fsp3) is 0.250. The highest BCUT2D eigenvalue weighted by molar-refractivity contribution is 6.32. The van der Waals surface area contributed by atoms with E-state index in [4.69, 9.17) is 11.6 Å². The molecule has 1 amide bonds. The van der Waals surface area contributed by atoms with Crippen LogP contribution in [-0.4, -0.2) is 35.0 Å². The van der Waals surface area contributed by atoms with Crippen LogP contribution in [0.15, 0.2) is 30.9 Å². The number of carbonyl (C=O) groups excluding carboxylic acids is 1. The number of hydrogen-bond donors (Lipinski definition) is 0. The third kappa shape index (κ3) is 4.75. The van der Waals surface area contributed by atoms with Crippen molar-refractivity contribution in [3.63, 3.8) is 0 Å². The fourth-order valence-corrected chi connectivity index (χ4v) is 1.75. The first kappa shape index (κ1) is 17.0. The van der Waals surface area contributed by atoms with E-state index in [0.717, 1.165) is 24.3 Å². The van der Waals surface area contributed by atoms with Gasteiger partial charge in [0.1, 0.15) is 11.6 Å². The van der Waals surface area contributed by atoms with Crippen molar-refractivity contribution >= 4 is 23.2 Å². The van der Waals surface area contributed by atoms with E-state index in [2.05, 4.69) is 6.58 Å². The maximum atomic E-state index is 12.4. The maximum Gasteiger partial charge on any atom is 0.406 e. The van der Waals surface area contributed by atoms with E-state index in [-0.39, 0.29) is 17.1 Å². The van der Waals surface area contributed by atoms with Gasteiger partial charge in [-0.25, -0.2) is 0 Å². The van der Waals surface area contributed by atoms with Crippen LogP contribution in [0.4, 0.5) is 18.9 Å². The molecular formula is C12H10ClF3N2O3. The highest BCUT2D eigenvalue weighted by atomic mass is 35.5. The summed E-state index contributed by atoms with van der Waals surface area (Å²) in [6.45, 7) is 1.46. The molecule has 0 unspecified atom stereocenters. The lowest BCUT2D eigenvalue weighted by Gasteiger charge is -2.22. The summed E-state index contributed by atoms with van der Waals surface area (Å²) in [4.78, 5) is 22.4. The van der Waals surface area contributed by atoms with Gasteiger partial charge in [-0.2, -0.15) is 13.2 Å². The summed E-state index contributed by atoms with van der Waals surface area (Å²) in [5.74, 6) is -0.994. The predicted molar refractivity (Wildman–Crippen MR) is 70.3 cm³/mol. The smallest absolute Gasteiger partial charge is 0.326 e. The van der Waals surface area contributed by atoms with E-state index in [1.54, 1.807) is 0 Å². The van der Waals surface area contributed by atoms with Crippen molar-refractivity contribution in [2.24, 2.45) is 0 Å². The average Bonchev–Trinajstić information content (AvgIpc) is 2.36. The molecule has 0 aliphatic heterocycles. The molecule has 9 heteroatoms. The molecule has 5 nitrogen and oxygen atoms in total.